The van der Waals surface area contributed by atoms with Gasteiger partial charge >= 0.3 is 0 Å². The number of rotatable bonds is 4. The third-order valence-corrected chi connectivity index (χ3v) is 4.63. The van der Waals surface area contributed by atoms with E-state index in [4.69, 9.17) is 9.47 Å². The molecule has 124 valence electrons. The average Bonchev–Trinajstić information content (AvgIpc) is 2.49. The summed E-state index contributed by atoms with van der Waals surface area (Å²) in [6.45, 7) is 3.97. The lowest BCUT2D eigenvalue weighted by atomic mass is 9.94. The second-order valence-electron chi connectivity index (χ2n) is 5.24. The van der Waals surface area contributed by atoms with Crippen LogP contribution < -0.4 is 20.1 Å². The lowest BCUT2D eigenvalue weighted by molar-refractivity contribution is 0.0914. The summed E-state index contributed by atoms with van der Waals surface area (Å²) in [6, 6.07) is 3.57. The molecule has 1 aromatic carbocycles. The highest BCUT2D eigenvalue weighted by molar-refractivity contribution is 9.10. The fourth-order valence-corrected chi connectivity index (χ4v) is 2.99. The van der Waals surface area contributed by atoms with Crippen molar-refractivity contribution in [2.24, 2.45) is 5.92 Å². The predicted molar refractivity (Wildman–Crippen MR) is 92.4 cm³/mol. The maximum Gasteiger partial charge on any atom is 0.251 e. The van der Waals surface area contributed by atoms with Gasteiger partial charge in [0, 0.05) is 18.2 Å². The number of amides is 1. The molecular weight excluding hydrogens is 372 g/mol. The van der Waals surface area contributed by atoms with Crippen LogP contribution in [0.3, 0.4) is 0 Å². The van der Waals surface area contributed by atoms with Crippen molar-refractivity contribution in [3.63, 3.8) is 0 Å². The van der Waals surface area contributed by atoms with Crippen LogP contribution in [0.25, 0.3) is 0 Å². The number of methoxy groups -OCH3 is 2. The molecule has 7 heteroatoms. The molecule has 1 fully saturated rings. The number of hydrogen-bond acceptors (Lipinski definition) is 4. The minimum absolute atomic E-state index is 0. The molecule has 2 rings (SSSR count). The molecular formula is C15H22BrClN2O3. The summed E-state index contributed by atoms with van der Waals surface area (Å²) < 4.78 is 11.2. The lowest BCUT2D eigenvalue weighted by Gasteiger charge is -2.30. The Kier molecular flexibility index (Phi) is 7.45. The number of ether oxygens (including phenoxy) is 2. The number of carbonyl (C=O) groups is 1. The Morgan fingerprint density at radius 1 is 1.32 bits per heavy atom. The van der Waals surface area contributed by atoms with E-state index < -0.39 is 0 Å². The molecule has 0 aliphatic carbocycles. The molecule has 0 spiro atoms. The topological polar surface area (TPSA) is 59.6 Å². The van der Waals surface area contributed by atoms with E-state index in [1.54, 1.807) is 26.4 Å². The van der Waals surface area contributed by atoms with E-state index in [-0.39, 0.29) is 24.4 Å². The average molecular weight is 394 g/mol. The number of benzene rings is 1. The molecule has 1 aliphatic rings. The van der Waals surface area contributed by atoms with Crippen molar-refractivity contribution in [2.75, 3.05) is 27.3 Å². The number of halogens is 2. The molecule has 1 aromatic rings. The largest absolute Gasteiger partial charge is 0.495 e. The second-order valence-corrected chi connectivity index (χ2v) is 6.04. The minimum Gasteiger partial charge on any atom is -0.495 e. The van der Waals surface area contributed by atoms with Gasteiger partial charge in [-0.2, -0.15) is 0 Å². The fraction of sp³-hybridized carbons (Fsp3) is 0.533. The van der Waals surface area contributed by atoms with Gasteiger partial charge in [0.2, 0.25) is 0 Å². The molecule has 5 nitrogen and oxygen atoms in total. The number of piperidine rings is 1. The lowest BCUT2D eigenvalue weighted by Crippen LogP contribution is -2.50. The Labute approximate surface area is 145 Å². The monoisotopic (exact) mass is 392 g/mol. The Morgan fingerprint density at radius 2 is 1.91 bits per heavy atom. The van der Waals surface area contributed by atoms with Crippen LogP contribution in [-0.2, 0) is 0 Å². The Morgan fingerprint density at radius 3 is 2.41 bits per heavy atom. The van der Waals surface area contributed by atoms with Gasteiger partial charge in [-0.3, -0.25) is 4.79 Å². The SMILES string of the molecule is COc1cc(C(=O)NC2CNCCC2C)cc(OC)c1Br.Cl. The van der Waals surface area contributed by atoms with Crippen molar-refractivity contribution in [1.82, 2.24) is 10.6 Å². The van der Waals surface area contributed by atoms with E-state index in [2.05, 4.69) is 33.5 Å². The van der Waals surface area contributed by atoms with Crippen LogP contribution in [0.2, 0.25) is 0 Å². The van der Waals surface area contributed by atoms with Crippen molar-refractivity contribution >= 4 is 34.2 Å². The number of hydrogen-bond donors (Lipinski definition) is 2. The van der Waals surface area contributed by atoms with Gasteiger partial charge in [-0.1, -0.05) is 6.92 Å². The van der Waals surface area contributed by atoms with Crippen molar-refractivity contribution in [3.8, 4) is 11.5 Å². The summed E-state index contributed by atoms with van der Waals surface area (Å²) in [5, 5.41) is 6.38. The van der Waals surface area contributed by atoms with Gasteiger partial charge in [-0.05, 0) is 46.9 Å². The Hall–Kier alpha value is -0.980. The molecule has 2 atom stereocenters. The molecule has 0 bridgehead atoms. The first-order valence-electron chi connectivity index (χ1n) is 7.00. The van der Waals surface area contributed by atoms with E-state index in [0.29, 0.717) is 27.5 Å². The van der Waals surface area contributed by atoms with Gasteiger partial charge < -0.3 is 20.1 Å². The van der Waals surface area contributed by atoms with Crippen LogP contribution in [-0.4, -0.2) is 39.3 Å². The van der Waals surface area contributed by atoms with Crippen LogP contribution in [0.5, 0.6) is 11.5 Å². The molecule has 1 saturated heterocycles. The molecule has 2 N–H and O–H groups in total. The second kappa shape index (κ2) is 8.60. The third-order valence-electron chi connectivity index (χ3n) is 3.85. The summed E-state index contributed by atoms with van der Waals surface area (Å²) in [5.74, 6) is 1.51. The van der Waals surface area contributed by atoms with Crippen LogP contribution >= 0.6 is 28.3 Å². The van der Waals surface area contributed by atoms with Crippen LogP contribution in [0.4, 0.5) is 0 Å². The standard InChI is InChI=1S/C15H21BrN2O3.ClH/c1-9-4-5-17-8-11(9)18-15(19)10-6-12(20-2)14(16)13(7-10)21-3;/h6-7,9,11,17H,4-5,8H2,1-3H3,(H,18,19);1H. The molecule has 22 heavy (non-hydrogen) atoms. The first-order valence-corrected chi connectivity index (χ1v) is 7.79. The first-order chi connectivity index (χ1) is 10.1. The maximum absolute atomic E-state index is 12.4. The van der Waals surface area contributed by atoms with E-state index in [0.717, 1.165) is 19.5 Å². The van der Waals surface area contributed by atoms with Gasteiger partial charge in [0.25, 0.3) is 5.91 Å². The number of nitrogens with one attached hydrogen (secondary N) is 2. The highest BCUT2D eigenvalue weighted by atomic mass is 79.9. The molecule has 1 amide bonds. The van der Waals surface area contributed by atoms with E-state index in [9.17, 15) is 4.79 Å². The van der Waals surface area contributed by atoms with E-state index in [1.807, 2.05) is 0 Å². The fourth-order valence-electron chi connectivity index (χ4n) is 2.44. The smallest absolute Gasteiger partial charge is 0.251 e. The normalized spacial score (nSPS) is 20.7. The highest BCUT2D eigenvalue weighted by Gasteiger charge is 2.24. The summed E-state index contributed by atoms with van der Waals surface area (Å²) >= 11 is 3.40. The first kappa shape index (κ1) is 19.1. The van der Waals surface area contributed by atoms with Crippen molar-refractivity contribution in [1.29, 1.82) is 0 Å². The third kappa shape index (κ3) is 4.27. The van der Waals surface area contributed by atoms with Crippen molar-refractivity contribution in [2.45, 2.75) is 19.4 Å². The number of carbonyl (C=O) groups excluding carboxylic acids is 1. The summed E-state index contributed by atoms with van der Waals surface area (Å²) in [5.41, 5.74) is 0.532. The summed E-state index contributed by atoms with van der Waals surface area (Å²) in [7, 11) is 3.13. The molecule has 0 radical (unpaired) electrons. The predicted octanol–water partition coefficient (Wildman–Crippen LogP) is 2.62. The van der Waals surface area contributed by atoms with Gasteiger partial charge in [0.1, 0.15) is 16.0 Å². The summed E-state index contributed by atoms with van der Waals surface area (Å²) in [6.07, 6.45) is 1.07. The summed E-state index contributed by atoms with van der Waals surface area (Å²) in [4.78, 5) is 12.4. The van der Waals surface area contributed by atoms with E-state index >= 15 is 0 Å². The van der Waals surface area contributed by atoms with Crippen LogP contribution in [0.1, 0.15) is 23.7 Å². The zero-order valence-electron chi connectivity index (χ0n) is 12.9. The van der Waals surface area contributed by atoms with Gasteiger partial charge in [-0.15, -0.1) is 12.4 Å². The van der Waals surface area contributed by atoms with Crippen molar-refractivity contribution in [3.05, 3.63) is 22.2 Å². The molecule has 0 aromatic heterocycles. The maximum atomic E-state index is 12.4. The zero-order chi connectivity index (χ0) is 15.4. The quantitative estimate of drug-likeness (QED) is 0.825. The zero-order valence-corrected chi connectivity index (χ0v) is 15.3. The highest BCUT2D eigenvalue weighted by Crippen LogP contribution is 2.35. The van der Waals surface area contributed by atoms with Crippen molar-refractivity contribution < 1.29 is 14.3 Å². The molecule has 1 aliphatic heterocycles. The van der Waals surface area contributed by atoms with Crippen LogP contribution in [0, 0.1) is 5.92 Å². The molecule has 1 heterocycles. The van der Waals surface area contributed by atoms with Gasteiger partial charge in [0.15, 0.2) is 0 Å². The van der Waals surface area contributed by atoms with Crippen LogP contribution in [0.15, 0.2) is 16.6 Å². The van der Waals surface area contributed by atoms with Gasteiger partial charge in [0.05, 0.1) is 14.2 Å². The molecule has 0 saturated carbocycles. The Balaban J connectivity index is 0.00000242. The molecule has 2 unspecified atom stereocenters. The van der Waals surface area contributed by atoms with E-state index in [1.165, 1.54) is 0 Å². The minimum atomic E-state index is -0.111. The van der Waals surface area contributed by atoms with Gasteiger partial charge in [-0.25, -0.2) is 0 Å². The Bertz CT molecular complexity index is 503.